The average Bonchev–Trinajstić information content (AvgIpc) is 3.13. The van der Waals surface area contributed by atoms with Gasteiger partial charge in [0.25, 0.3) is 0 Å². The van der Waals surface area contributed by atoms with E-state index < -0.39 is 0 Å². The van der Waals surface area contributed by atoms with Gasteiger partial charge in [0.1, 0.15) is 17.7 Å². The Labute approximate surface area is 183 Å². The van der Waals surface area contributed by atoms with Gasteiger partial charge in [0.2, 0.25) is 5.91 Å². The first-order valence-corrected chi connectivity index (χ1v) is 10.6. The van der Waals surface area contributed by atoms with Crippen molar-refractivity contribution >= 4 is 17.4 Å². The number of fused-ring (bicyclic) bond motifs is 1. The van der Waals surface area contributed by atoms with Gasteiger partial charge >= 0.3 is 0 Å². The molecule has 1 aliphatic heterocycles. The van der Waals surface area contributed by atoms with E-state index in [0.717, 1.165) is 35.9 Å². The molecular formula is C24H29N5O2. The number of aryl methyl sites for hydroxylation is 1. The first-order valence-electron chi connectivity index (χ1n) is 10.6. The van der Waals surface area contributed by atoms with Crippen LogP contribution in [0.3, 0.4) is 0 Å². The topological polar surface area (TPSA) is 62.6 Å². The van der Waals surface area contributed by atoms with E-state index in [-0.39, 0.29) is 18.6 Å². The van der Waals surface area contributed by atoms with E-state index in [2.05, 4.69) is 28.3 Å². The molecule has 2 aromatic carbocycles. The second-order valence-corrected chi connectivity index (χ2v) is 7.91. The maximum absolute atomic E-state index is 12.7. The molecule has 0 fully saturated rings. The van der Waals surface area contributed by atoms with E-state index in [9.17, 15) is 4.79 Å². The fraction of sp³-hybridized carbons (Fsp3) is 0.333. The molecule has 1 aliphatic rings. The zero-order valence-electron chi connectivity index (χ0n) is 18.3. The van der Waals surface area contributed by atoms with Gasteiger partial charge < -0.3 is 15.0 Å². The number of amides is 1. The molecule has 1 aromatic heterocycles. The molecular weight excluding hydrogens is 390 g/mol. The highest BCUT2D eigenvalue weighted by atomic mass is 16.5. The standard InChI is InChI=1S/C24H29N5O2/c1-4-28-16-20(31-22-13-9-8-12-21(22)28)15-27(3)17-24(30)25-23-14-18(2)26-29(23)19-10-6-5-7-11-19/h5-14,20H,4,15-17H2,1-3H3,(H,25,30). The molecule has 1 amide bonds. The molecule has 4 rings (SSSR count). The fourth-order valence-corrected chi connectivity index (χ4v) is 3.97. The van der Waals surface area contributed by atoms with E-state index in [4.69, 9.17) is 4.74 Å². The Bertz CT molecular complexity index is 1030. The van der Waals surface area contributed by atoms with Crippen LogP contribution >= 0.6 is 0 Å². The number of likely N-dealkylation sites (N-methyl/N-ethyl adjacent to an activating group) is 2. The largest absolute Gasteiger partial charge is 0.485 e. The van der Waals surface area contributed by atoms with Gasteiger partial charge in [-0.2, -0.15) is 5.10 Å². The predicted molar refractivity (Wildman–Crippen MR) is 123 cm³/mol. The normalized spacial score (nSPS) is 15.5. The quantitative estimate of drug-likeness (QED) is 0.636. The van der Waals surface area contributed by atoms with Crippen LogP contribution in [0.25, 0.3) is 5.69 Å². The van der Waals surface area contributed by atoms with Crippen molar-refractivity contribution in [2.24, 2.45) is 0 Å². The Hall–Kier alpha value is -3.32. The number of hydrogen-bond acceptors (Lipinski definition) is 5. The highest BCUT2D eigenvalue weighted by molar-refractivity contribution is 5.91. The summed E-state index contributed by atoms with van der Waals surface area (Å²) in [6.07, 6.45) is 0.00439. The minimum atomic E-state index is -0.0804. The maximum Gasteiger partial charge on any atom is 0.239 e. The van der Waals surface area contributed by atoms with Crippen LogP contribution in [0.4, 0.5) is 11.5 Å². The zero-order chi connectivity index (χ0) is 21.8. The number of hydrogen-bond donors (Lipinski definition) is 1. The predicted octanol–water partition coefficient (Wildman–Crippen LogP) is 3.34. The number of benzene rings is 2. The zero-order valence-corrected chi connectivity index (χ0v) is 18.3. The van der Waals surface area contributed by atoms with Gasteiger partial charge in [0, 0.05) is 19.2 Å². The van der Waals surface area contributed by atoms with Gasteiger partial charge in [-0.25, -0.2) is 4.68 Å². The Kier molecular flexibility index (Phi) is 6.23. The SMILES string of the molecule is CCN1CC(CN(C)CC(=O)Nc2cc(C)nn2-c2ccccc2)Oc2ccccc21. The van der Waals surface area contributed by atoms with Crippen LogP contribution in [-0.4, -0.2) is 59.9 Å². The van der Waals surface area contributed by atoms with E-state index in [1.807, 2.05) is 73.5 Å². The molecule has 3 aromatic rings. The Balaban J connectivity index is 1.37. The molecule has 0 radical (unpaired) electrons. The number of carbonyl (C=O) groups excluding carboxylic acids is 1. The van der Waals surface area contributed by atoms with Crippen molar-refractivity contribution in [1.82, 2.24) is 14.7 Å². The summed E-state index contributed by atoms with van der Waals surface area (Å²) < 4.78 is 7.94. The van der Waals surface area contributed by atoms with Crippen LogP contribution < -0.4 is 15.0 Å². The number of para-hydroxylation sites is 3. The molecule has 1 atom stereocenters. The number of carbonyl (C=O) groups is 1. The molecule has 1 N–H and O–H groups in total. The number of nitrogens with zero attached hydrogens (tertiary/aromatic N) is 4. The summed E-state index contributed by atoms with van der Waals surface area (Å²) in [5, 5.41) is 7.51. The van der Waals surface area contributed by atoms with Crippen LogP contribution in [0.15, 0.2) is 60.7 Å². The van der Waals surface area contributed by atoms with Crippen molar-refractivity contribution in [1.29, 1.82) is 0 Å². The monoisotopic (exact) mass is 419 g/mol. The minimum absolute atomic E-state index is 0.00439. The van der Waals surface area contributed by atoms with Crippen LogP contribution in [0.5, 0.6) is 5.75 Å². The van der Waals surface area contributed by atoms with E-state index in [1.54, 1.807) is 4.68 Å². The number of rotatable bonds is 7. The summed E-state index contributed by atoms with van der Waals surface area (Å²) in [7, 11) is 1.94. The van der Waals surface area contributed by atoms with E-state index in [0.29, 0.717) is 12.4 Å². The lowest BCUT2D eigenvalue weighted by Crippen LogP contribution is -2.46. The van der Waals surface area contributed by atoms with Crippen molar-refractivity contribution in [3.63, 3.8) is 0 Å². The van der Waals surface area contributed by atoms with Crippen molar-refractivity contribution < 1.29 is 9.53 Å². The highest BCUT2D eigenvalue weighted by Gasteiger charge is 2.26. The van der Waals surface area contributed by atoms with Gasteiger partial charge in [-0.15, -0.1) is 0 Å². The molecule has 0 saturated carbocycles. The Morgan fingerprint density at radius 2 is 1.94 bits per heavy atom. The number of ether oxygens (including phenoxy) is 1. The molecule has 1 unspecified atom stereocenters. The molecule has 162 valence electrons. The van der Waals surface area contributed by atoms with Gasteiger partial charge in [-0.3, -0.25) is 9.69 Å². The van der Waals surface area contributed by atoms with E-state index >= 15 is 0 Å². The van der Waals surface area contributed by atoms with Crippen molar-refractivity contribution in [3.8, 4) is 11.4 Å². The first-order chi connectivity index (χ1) is 15.0. The van der Waals surface area contributed by atoms with Crippen molar-refractivity contribution in [2.45, 2.75) is 20.0 Å². The summed E-state index contributed by atoms with van der Waals surface area (Å²) in [4.78, 5) is 17.0. The second kappa shape index (κ2) is 9.22. The van der Waals surface area contributed by atoms with Crippen LogP contribution in [0.2, 0.25) is 0 Å². The van der Waals surface area contributed by atoms with Crippen molar-refractivity contribution in [2.75, 3.05) is 43.4 Å². The highest BCUT2D eigenvalue weighted by Crippen LogP contribution is 2.32. The van der Waals surface area contributed by atoms with Gasteiger partial charge in [0.05, 0.1) is 30.2 Å². The molecule has 2 heterocycles. The summed E-state index contributed by atoms with van der Waals surface area (Å²) in [5.41, 5.74) is 2.89. The van der Waals surface area contributed by atoms with Crippen LogP contribution in [0, 0.1) is 6.92 Å². The molecule has 7 nitrogen and oxygen atoms in total. The lowest BCUT2D eigenvalue weighted by Gasteiger charge is -2.37. The van der Waals surface area contributed by atoms with Gasteiger partial charge in [-0.1, -0.05) is 30.3 Å². The number of aromatic nitrogens is 2. The van der Waals surface area contributed by atoms with Crippen LogP contribution in [-0.2, 0) is 4.79 Å². The Morgan fingerprint density at radius 3 is 2.71 bits per heavy atom. The molecule has 0 aliphatic carbocycles. The number of nitrogens with one attached hydrogen (secondary N) is 1. The van der Waals surface area contributed by atoms with Crippen LogP contribution in [0.1, 0.15) is 12.6 Å². The summed E-state index contributed by atoms with van der Waals surface area (Å²) in [5.74, 6) is 1.49. The molecule has 0 saturated heterocycles. The summed E-state index contributed by atoms with van der Waals surface area (Å²) in [6, 6.07) is 19.8. The Morgan fingerprint density at radius 1 is 1.19 bits per heavy atom. The third-order valence-corrected chi connectivity index (χ3v) is 5.33. The molecule has 31 heavy (non-hydrogen) atoms. The summed E-state index contributed by atoms with van der Waals surface area (Å²) >= 11 is 0. The minimum Gasteiger partial charge on any atom is -0.485 e. The smallest absolute Gasteiger partial charge is 0.239 e. The molecule has 0 spiro atoms. The average molecular weight is 420 g/mol. The molecule has 0 bridgehead atoms. The molecule has 7 heteroatoms. The van der Waals surface area contributed by atoms with Crippen molar-refractivity contribution in [3.05, 3.63) is 66.4 Å². The summed E-state index contributed by atoms with van der Waals surface area (Å²) in [6.45, 7) is 6.72. The van der Waals surface area contributed by atoms with E-state index in [1.165, 1.54) is 0 Å². The lowest BCUT2D eigenvalue weighted by atomic mass is 10.2. The lowest BCUT2D eigenvalue weighted by molar-refractivity contribution is -0.117. The third-order valence-electron chi connectivity index (χ3n) is 5.33. The van der Waals surface area contributed by atoms with Gasteiger partial charge in [-0.05, 0) is 45.2 Å². The van der Waals surface area contributed by atoms with Gasteiger partial charge in [0.15, 0.2) is 0 Å². The first kappa shape index (κ1) is 20.9. The third kappa shape index (κ3) is 4.88. The maximum atomic E-state index is 12.7. The second-order valence-electron chi connectivity index (χ2n) is 7.91. The fourth-order valence-electron chi connectivity index (χ4n) is 3.97. The number of anilines is 2.